The van der Waals surface area contributed by atoms with E-state index in [0.717, 1.165) is 25.6 Å². The molecule has 1 aromatic rings. The Bertz CT molecular complexity index is 521. The minimum Gasteiger partial charge on any atom is -0.478 e. The van der Waals surface area contributed by atoms with Crippen molar-refractivity contribution in [2.75, 3.05) is 20.1 Å². The maximum absolute atomic E-state index is 11.2. The number of benzene rings is 1. The van der Waals surface area contributed by atoms with E-state index < -0.39 is 10.9 Å². The normalized spacial score (nSPS) is 18.6. The van der Waals surface area contributed by atoms with E-state index in [4.69, 9.17) is 5.11 Å². The van der Waals surface area contributed by atoms with Gasteiger partial charge in [0.15, 0.2) is 0 Å². The highest BCUT2D eigenvalue weighted by molar-refractivity contribution is 5.90. The number of carboxylic acids is 1. The first-order valence-corrected chi connectivity index (χ1v) is 6.16. The molecule has 0 radical (unpaired) electrons. The maximum atomic E-state index is 11.2. The fraction of sp³-hybridized carbons (Fsp3) is 0.462. The highest BCUT2D eigenvalue weighted by Gasteiger charge is 2.23. The molecule has 1 saturated heterocycles. The van der Waals surface area contributed by atoms with Crippen LogP contribution in [0.4, 0.5) is 5.69 Å². The van der Waals surface area contributed by atoms with Crippen molar-refractivity contribution in [2.24, 2.45) is 5.92 Å². The van der Waals surface area contributed by atoms with E-state index in [0.29, 0.717) is 17.9 Å². The standard InChI is InChI=1S/C13H16N2O4.ClH/c1-14-5-4-9(8-14)6-10-2-3-11(15(18)19)7-12(10)13(16)17;/h2-3,7,9H,4-6,8H2,1H3,(H,16,17);1H. The van der Waals surface area contributed by atoms with E-state index in [-0.39, 0.29) is 23.7 Å². The Morgan fingerprint density at radius 1 is 1.55 bits per heavy atom. The van der Waals surface area contributed by atoms with Crippen LogP contribution in [-0.2, 0) is 6.42 Å². The molecule has 2 rings (SSSR count). The third-order valence-corrected chi connectivity index (χ3v) is 3.53. The molecule has 1 fully saturated rings. The molecule has 0 aromatic heterocycles. The van der Waals surface area contributed by atoms with Gasteiger partial charge in [-0.25, -0.2) is 4.79 Å². The van der Waals surface area contributed by atoms with Crippen molar-refractivity contribution in [3.05, 3.63) is 39.4 Å². The van der Waals surface area contributed by atoms with Crippen LogP contribution in [0.1, 0.15) is 22.3 Å². The van der Waals surface area contributed by atoms with Crippen LogP contribution in [0.5, 0.6) is 0 Å². The Balaban J connectivity index is 0.00000200. The fourth-order valence-electron chi connectivity index (χ4n) is 2.56. The minimum absolute atomic E-state index is 0. The van der Waals surface area contributed by atoms with Crippen molar-refractivity contribution in [1.29, 1.82) is 0 Å². The molecule has 1 aliphatic heterocycles. The lowest BCUT2D eigenvalue weighted by molar-refractivity contribution is -0.384. The Hall–Kier alpha value is -1.66. The third kappa shape index (κ3) is 3.68. The molecule has 0 amide bonds. The molecule has 1 N–H and O–H groups in total. The topological polar surface area (TPSA) is 83.7 Å². The monoisotopic (exact) mass is 300 g/mol. The Kier molecular flexibility index (Phi) is 5.47. The Labute approximate surface area is 123 Å². The van der Waals surface area contributed by atoms with E-state index in [1.165, 1.54) is 6.07 Å². The maximum Gasteiger partial charge on any atom is 0.336 e. The van der Waals surface area contributed by atoms with E-state index in [1.54, 1.807) is 6.07 Å². The lowest BCUT2D eigenvalue weighted by Gasteiger charge is -2.12. The molecule has 0 bridgehead atoms. The van der Waals surface area contributed by atoms with Gasteiger partial charge in [-0.3, -0.25) is 10.1 Å². The van der Waals surface area contributed by atoms with Crippen molar-refractivity contribution < 1.29 is 14.8 Å². The smallest absolute Gasteiger partial charge is 0.336 e. The number of hydrogen-bond donors (Lipinski definition) is 1. The van der Waals surface area contributed by atoms with E-state index in [9.17, 15) is 14.9 Å². The van der Waals surface area contributed by atoms with Gasteiger partial charge in [-0.1, -0.05) is 6.07 Å². The molecule has 7 heteroatoms. The van der Waals surface area contributed by atoms with Gasteiger partial charge in [0, 0.05) is 18.7 Å². The second kappa shape index (κ2) is 6.67. The first-order chi connectivity index (χ1) is 8.97. The molecule has 1 aromatic carbocycles. The van der Waals surface area contributed by atoms with Gasteiger partial charge in [0.25, 0.3) is 5.69 Å². The van der Waals surface area contributed by atoms with Crippen molar-refractivity contribution >= 4 is 24.1 Å². The summed E-state index contributed by atoms with van der Waals surface area (Å²) in [5.74, 6) is -0.686. The van der Waals surface area contributed by atoms with Crippen LogP contribution in [0, 0.1) is 16.0 Å². The Morgan fingerprint density at radius 3 is 2.75 bits per heavy atom. The van der Waals surface area contributed by atoms with Crippen LogP contribution in [-0.4, -0.2) is 41.0 Å². The molecule has 1 atom stereocenters. The summed E-state index contributed by atoms with van der Waals surface area (Å²) in [6, 6.07) is 4.09. The van der Waals surface area contributed by atoms with Crippen LogP contribution in [0.25, 0.3) is 0 Å². The number of carbonyl (C=O) groups is 1. The number of nitrogens with zero attached hydrogens (tertiary/aromatic N) is 2. The second-order valence-corrected chi connectivity index (χ2v) is 5.02. The molecule has 0 saturated carbocycles. The van der Waals surface area contributed by atoms with Crippen molar-refractivity contribution in [1.82, 2.24) is 4.90 Å². The first-order valence-electron chi connectivity index (χ1n) is 6.16. The zero-order valence-electron chi connectivity index (χ0n) is 11.1. The highest BCUT2D eigenvalue weighted by Crippen LogP contribution is 2.24. The van der Waals surface area contributed by atoms with Gasteiger partial charge in [-0.15, -0.1) is 12.4 Å². The molecule has 1 aliphatic rings. The minimum atomic E-state index is -1.11. The number of halogens is 1. The molecular weight excluding hydrogens is 284 g/mol. The number of aromatic carboxylic acids is 1. The number of non-ortho nitro benzene ring substituents is 1. The zero-order chi connectivity index (χ0) is 14.0. The van der Waals surface area contributed by atoms with Gasteiger partial charge in [0.1, 0.15) is 0 Å². The summed E-state index contributed by atoms with van der Waals surface area (Å²) < 4.78 is 0. The summed E-state index contributed by atoms with van der Waals surface area (Å²) in [5.41, 5.74) is 0.548. The summed E-state index contributed by atoms with van der Waals surface area (Å²) in [4.78, 5) is 23.5. The summed E-state index contributed by atoms with van der Waals surface area (Å²) in [6.45, 7) is 1.95. The number of likely N-dealkylation sites (tertiary alicyclic amines) is 1. The molecule has 6 nitrogen and oxygen atoms in total. The highest BCUT2D eigenvalue weighted by atomic mass is 35.5. The third-order valence-electron chi connectivity index (χ3n) is 3.53. The summed E-state index contributed by atoms with van der Waals surface area (Å²) >= 11 is 0. The van der Waals surface area contributed by atoms with Crippen LogP contribution in [0.3, 0.4) is 0 Å². The molecule has 0 aliphatic carbocycles. The van der Waals surface area contributed by atoms with Gasteiger partial charge in [0.2, 0.25) is 0 Å². The van der Waals surface area contributed by atoms with Gasteiger partial charge in [0.05, 0.1) is 10.5 Å². The van der Waals surface area contributed by atoms with Gasteiger partial charge >= 0.3 is 5.97 Å². The first kappa shape index (κ1) is 16.4. The predicted molar refractivity (Wildman–Crippen MR) is 76.6 cm³/mol. The molecule has 1 unspecified atom stereocenters. The number of rotatable bonds is 4. The van der Waals surface area contributed by atoms with Crippen molar-refractivity contribution in [3.63, 3.8) is 0 Å². The van der Waals surface area contributed by atoms with Gasteiger partial charge in [-0.05, 0) is 37.9 Å². The number of hydrogen-bond acceptors (Lipinski definition) is 4. The van der Waals surface area contributed by atoms with Crippen LogP contribution < -0.4 is 0 Å². The fourth-order valence-corrected chi connectivity index (χ4v) is 2.56. The molecule has 0 spiro atoms. The second-order valence-electron chi connectivity index (χ2n) is 5.02. The predicted octanol–water partition coefficient (Wildman–Crippen LogP) is 2.21. The summed E-state index contributed by atoms with van der Waals surface area (Å²) in [6.07, 6.45) is 1.69. The van der Waals surface area contributed by atoms with Crippen molar-refractivity contribution in [3.8, 4) is 0 Å². The van der Waals surface area contributed by atoms with E-state index in [2.05, 4.69) is 4.90 Å². The van der Waals surface area contributed by atoms with Crippen LogP contribution in [0.15, 0.2) is 18.2 Å². The quantitative estimate of drug-likeness (QED) is 0.681. The average Bonchev–Trinajstić information content (AvgIpc) is 2.74. The number of nitro groups is 1. The lowest BCUT2D eigenvalue weighted by atomic mass is 9.94. The van der Waals surface area contributed by atoms with Crippen LogP contribution in [0.2, 0.25) is 0 Å². The molecule has 110 valence electrons. The summed E-state index contributed by atoms with van der Waals surface area (Å²) in [7, 11) is 2.04. The average molecular weight is 301 g/mol. The van der Waals surface area contributed by atoms with E-state index >= 15 is 0 Å². The lowest BCUT2D eigenvalue weighted by Crippen LogP contribution is -2.16. The number of carboxylic acid groups (broad SMARTS) is 1. The number of nitro benzene ring substituents is 1. The van der Waals surface area contributed by atoms with Gasteiger partial charge in [-0.2, -0.15) is 0 Å². The molecule has 1 heterocycles. The zero-order valence-corrected chi connectivity index (χ0v) is 11.9. The van der Waals surface area contributed by atoms with E-state index in [1.807, 2.05) is 7.05 Å². The summed E-state index contributed by atoms with van der Waals surface area (Å²) in [5, 5.41) is 19.8. The molecule has 20 heavy (non-hydrogen) atoms. The van der Waals surface area contributed by atoms with Crippen LogP contribution >= 0.6 is 12.4 Å². The van der Waals surface area contributed by atoms with Gasteiger partial charge < -0.3 is 10.0 Å². The SMILES string of the molecule is CN1CCC(Cc2ccc([N+](=O)[O-])cc2C(=O)O)C1.Cl. The Morgan fingerprint density at radius 2 is 2.25 bits per heavy atom. The largest absolute Gasteiger partial charge is 0.478 e. The molecular formula is C13H17ClN2O4. The van der Waals surface area contributed by atoms with Crippen molar-refractivity contribution in [2.45, 2.75) is 12.8 Å².